The third-order valence-electron chi connectivity index (χ3n) is 3.16. The van der Waals surface area contributed by atoms with Gasteiger partial charge >= 0.3 is 5.97 Å². The molecule has 0 amide bonds. The van der Waals surface area contributed by atoms with Gasteiger partial charge in [0.15, 0.2) is 0 Å². The summed E-state index contributed by atoms with van der Waals surface area (Å²) in [6, 6.07) is 0. The molecule has 0 aromatic carbocycles. The summed E-state index contributed by atoms with van der Waals surface area (Å²) in [5.41, 5.74) is 0.520. The number of fused-ring (bicyclic) bond motifs is 2. The van der Waals surface area contributed by atoms with Gasteiger partial charge in [0.2, 0.25) is 0 Å². The first kappa shape index (κ1) is 10.7. The lowest BCUT2D eigenvalue weighted by atomic mass is 9.95. The van der Waals surface area contributed by atoms with Gasteiger partial charge in [-0.25, -0.2) is 4.79 Å². The molecule has 2 aliphatic rings. The zero-order valence-corrected chi connectivity index (χ0v) is 9.34. The van der Waals surface area contributed by atoms with Crippen LogP contribution in [-0.4, -0.2) is 18.4 Å². The lowest BCUT2D eigenvalue weighted by Gasteiger charge is -2.13. The van der Waals surface area contributed by atoms with Crippen LogP contribution < -0.4 is 0 Å². The van der Waals surface area contributed by atoms with Crippen molar-refractivity contribution in [3.63, 3.8) is 0 Å². The molecule has 0 radical (unpaired) electrons. The SMILES string of the molecule is CCOC(=O)C(=O)C1=C(Cl)C2CCC1C2. The van der Waals surface area contributed by atoms with Crippen LogP contribution in [0.25, 0.3) is 0 Å². The predicted octanol–water partition coefficient (Wildman–Crippen LogP) is 2.04. The lowest BCUT2D eigenvalue weighted by Crippen LogP contribution is -2.23. The molecule has 2 bridgehead atoms. The van der Waals surface area contributed by atoms with E-state index in [1.165, 1.54) is 0 Å². The largest absolute Gasteiger partial charge is 0.460 e. The number of rotatable bonds is 3. The van der Waals surface area contributed by atoms with Crippen LogP contribution in [-0.2, 0) is 14.3 Å². The fraction of sp³-hybridized carbons (Fsp3) is 0.636. The smallest absolute Gasteiger partial charge is 0.379 e. The van der Waals surface area contributed by atoms with E-state index in [9.17, 15) is 9.59 Å². The van der Waals surface area contributed by atoms with Crippen molar-refractivity contribution in [3.8, 4) is 0 Å². The second kappa shape index (κ2) is 3.97. The van der Waals surface area contributed by atoms with Crippen molar-refractivity contribution < 1.29 is 14.3 Å². The van der Waals surface area contributed by atoms with Gasteiger partial charge in [0.25, 0.3) is 5.78 Å². The highest BCUT2D eigenvalue weighted by Gasteiger charge is 2.43. The van der Waals surface area contributed by atoms with Crippen LogP contribution >= 0.6 is 11.6 Å². The second-order valence-corrected chi connectivity index (χ2v) is 4.43. The average Bonchev–Trinajstić information content (AvgIpc) is 2.77. The van der Waals surface area contributed by atoms with Crippen LogP contribution in [0.1, 0.15) is 26.2 Å². The first-order chi connectivity index (χ1) is 7.15. The number of hydrogen-bond donors (Lipinski definition) is 0. The van der Waals surface area contributed by atoms with Gasteiger partial charge in [-0.2, -0.15) is 0 Å². The highest BCUT2D eigenvalue weighted by molar-refractivity contribution is 6.44. The Labute approximate surface area is 93.4 Å². The molecule has 4 heteroatoms. The molecule has 15 heavy (non-hydrogen) atoms. The van der Waals surface area contributed by atoms with Crippen molar-refractivity contribution >= 4 is 23.4 Å². The third kappa shape index (κ3) is 1.69. The average molecular weight is 229 g/mol. The van der Waals surface area contributed by atoms with Crippen molar-refractivity contribution in [3.05, 3.63) is 10.6 Å². The van der Waals surface area contributed by atoms with E-state index in [1.54, 1.807) is 6.92 Å². The number of hydrogen-bond acceptors (Lipinski definition) is 3. The molecule has 0 N–H and O–H groups in total. The fourth-order valence-corrected chi connectivity index (χ4v) is 2.93. The van der Waals surface area contributed by atoms with E-state index in [2.05, 4.69) is 0 Å². The van der Waals surface area contributed by atoms with E-state index in [0.29, 0.717) is 16.5 Å². The summed E-state index contributed by atoms with van der Waals surface area (Å²) in [7, 11) is 0. The Morgan fingerprint density at radius 1 is 1.40 bits per heavy atom. The molecule has 0 saturated heterocycles. The quantitative estimate of drug-likeness (QED) is 0.549. The van der Waals surface area contributed by atoms with E-state index >= 15 is 0 Å². The lowest BCUT2D eigenvalue weighted by molar-refractivity contribution is -0.152. The summed E-state index contributed by atoms with van der Waals surface area (Å²) in [6.45, 7) is 1.91. The molecular weight excluding hydrogens is 216 g/mol. The molecule has 0 aromatic heterocycles. The molecule has 0 aromatic rings. The van der Waals surface area contributed by atoms with Crippen LogP contribution in [0, 0.1) is 11.8 Å². The van der Waals surface area contributed by atoms with Crippen molar-refractivity contribution in [1.29, 1.82) is 0 Å². The number of carbonyl (C=O) groups excluding carboxylic acids is 2. The third-order valence-corrected chi connectivity index (χ3v) is 3.67. The first-order valence-corrected chi connectivity index (χ1v) is 5.64. The van der Waals surface area contributed by atoms with Crippen LogP contribution in [0.4, 0.5) is 0 Å². The van der Waals surface area contributed by atoms with Crippen LogP contribution in [0.15, 0.2) is 10.6 Å². The Balaban J connectivity index is 2.18. The standard InChI is InChI=1S/C11H13ClO3/c1-2-15-11(14)10(13)8-6-3-4-7(5-6)9(8)12/h6-7H,2-5H2,1H3. The van der Waals surface area contributed by atoms with Crippen LogP contribution in [0.5, 0.6) is 0 Å². The van der Waals surface area contributed by atoms with Gasteiger partial charge in [-0.1, -0.05) is 11.6 Å². The Kier molecular flexibility index (Phi) is 2.83. The van der Waals surface area contributed by atoms with E-state index in [0.717, 1.165) is 19.3 Å². The molecule has 1 fully saturated rings. The molecule has 82 valence electrons. The van der Waals surface area contributed by atoms with Crippen molar-refractivity contribution in [2.45, 2.75) is 26.2 Å². The number of Topliss-reactive ketones (excluding diaryl/α,β-unsaturated/α-hetero) is 1. The number of allylic oxidation sites excluding steroid dienone is 1. The monoisotopic (exact) mass is 228 g/mol. The Hall–Kier alpha value is -0.830. The molecule has 2 unspecified atom stereocenters. The summed E-state index contributed by atoms with van der Waals surface area (Å²) in [4.78, 5) is 23.0. The highest BCUT2D eigenvalue weighted by atomic mass is 35.5. The summed E-state index contributed by atoms with van der Waals surface area (Å²) >= 11 is 6.06. The van der Waals surface area contributed by atoms with Gasteiger partial charge in [-0.05, 0) is 38.0 Å². The van der Waals surface area contributed by atoms with Crippen molar-refractivity contribution in [2.24, 2.45) is 11.8 Å². The number of carbonyl (C=O) groups is 2. The minimum Gasteiger partial charge on any atom is -0.460 e. The minimum absolute atomic E-state index is 0.194. The number of halogens is 1. The Morgan fingerprint density at radius 3 is 2.60 bits per heavy atom. The van der Waals surface area contributed by atoms with E-state index in [-0.39, 0.29) is 12.5 Å². The molecule has 2 rings (SSSR count). The molecular formula is C11H13ClO3. The number of ether oxygens (including phenoxy) is 1. The predicted molar refractivity (Wildman–Crippen MR) is 55.4 cm³/mol. The molecule has 2 aliphatic carbocycles. The number of ketones is 1. The van der Waals surface area contributed by atoms with Crippen LogP contribution in [0.3, 0.4) is 0 Å². The second-order valence-electron chi connectivity index (χ2n) is 4.02. The molecule has 2 atom stereocenters. The van der Waals surface area contributed by atoms with E-state index < -0.39 is 11.8 Å². The maximum Gasteiger partial charge on any atom is 0.379 e. The maximum absolute atomic E-state index is 11.7. The summed E-state index contributed by atoms with van der Waals surface area (Å²) in [6.07, 6.45) is 2.95. The van der Waals surface area contributed by atoms with E-state index in [4.69, 9.17) is 16.3 Å². The van der Waals surface area contributed by atoms with Gasteiger partial charge in [0.05, 0.1) is 6.61 Å². The Bertz CT molecular complexity index is 346. The Morgan fingerprint density at radius 2 is 2.07 bits per heavy atom. The highest BCUT2D eigenvalue weighted by Crippen LogP contribution is 2.50. The topological polar surface area (TPSA) is 43.4 Å². The first-order valence-electron chi connectivity index (χ1n) is 5.26. The van der Waals surface area contributed by atoms with Gasteiger partial charge in [0, 0.05) is 10.6 Å². The van der Waals surface area contributed by atoms with Gasteiger partial charge in [-0.3, -0.25) is 4.79 Å². The van der Waals surface area contributed by atoms with Gasteiger partial charge in [-0.15, -0.1) is 0 Å². The van der Waals surface area contributed by atoms with Gasteiger partial charge in [0.1, 0.15) is 0 Å². The molecule has 3 nitrogen and oxygen atoms in total. The molecule has 1 saturated carbocycles. The molecule has 0 heterocycles. The summed E-state index contributed by atoms with van der Waals surface area (Å²) in [5, 5.41) is 0.601. The minimum atomic E-state index is -0.766. The summed E-state index contributed by atoms with van der Waals surface area (Å²) in [5.74, 6) is -0.795. The van der Waals surface area contributed by atoms with Gasteiger partial charge < -0.3 is 4.74 Å². The van der Waals surface area contributed by atoms with Crippen molar-refractivity contribution in [2.75, 3.05) is 6.61 Å². The fourth-order valence-electron chi connectivity index (χ4n) is 2.49. The normalized spacial score (nSPS) is 28.4. The zero-order chi connectivity index (χ0) is 11.0. The van der Waals surface area contributed by atoms with Crippen LogP contribution in [0.2, 0.25) is 0 Å². The number of esters is 1. The molecule has 0 aliphatic heterocycles. The van der Waals surface area contributed by atoms with E-state index in [1.807, 2.05) is 0 Å². The maximum atomic E-state index is 11.7. The molecule has 0 spiro atoms. The zero-order valence-electron chi connectivity index (χ0n) is 8.59. The summed E-state index contributed by atoms with van der Waals surface area (Å²) < 4.78 is 4.69. The van der Waals surface area contributed by atoms with Crippen molar-refractivity contribution in [1.82, 2.24) is 0 Å².